The van der Waals surface area contributed by atoms with Gasteiger partial charge in [-0.15, -0.1) is 0 Å². The summed E-state index contributed by atoms with van der Waals surface area (Å²) < 4.78 is 44.6. The van der Waals surface area contributed by atoms with Crippen LogP contribution in [0.3, 0.4) is 0 Å². The maximum Gasteiger partial charge on any atom is 0.257 e. The predicted molar refractivity (Wildman–Crippen MR) is 106 cm³/mol. The molecule has 0 fully saturated rings. The maximum atomic E-state index is 13.0. The zero-order valence-corrected chi connectivity index (χ0v) is 17.7. The Labute approximate surface area is 170 Å². The number of carbonyl (C=O) groups excluding carboxylic acids is 1. The van der Waals surface area contributed by atoms with Crippen LogP contribution in [-0.2, 0) is 16.6 Å². The van der Waals surface area contributed by atoms with Gasteiger partial charge in [-0.05, 0) is 30.3 Å². The highest BCUT2D eigenvalue weighted by Gasteiger charge is 2.23. The normalized spacial score (nSPS) is 11.0. The Kier molecular flexibility index (Phi) is 6.93. The molecule has 0 saturated carbocycles. The van der Waals surface area contributed by atoms with Crippen molar-refractivity contribution in [3.8, 4) is 23.0 Å². The molecule has 9 nitrogen and oxygen atoms in total. The summed E-state index contributed by atoms with van der Waals surface area (Å²) in [5.41, 5.74) is 0.739. The summed E-state index contributed by atoms with van der Waals surface area (Å²) in [6, 6.07) is 7.32. The highest BCUT2D eigenvalue weighted by atomic mass is 32.2. The first kappa shape index (κ1) is 22.3. The second-order valence-corrected chi connectivity index (χ2v) is 7.62. The molecule has 0 saturated heterocycles. The van der Waals surface area contributed by atoms with E-state index >= 15 is 0 Å². The summed E-state index contributed by atoms with van der Waals surface area (Å²) in [7, 11) is 3.47. The van der Waals surface area contributed by atoms with Crippen molar-refractivity contribution in [1.82, 2.24) is 4.90 Å². The van der Waals surface area contributed by atoms with E-state index in [0.717, 1.165) is 0 Å². The largest absolute Gasteiger partial charge is 0.496 e. The van der Waals surface area contributed by atoms with Crippen molar-refractivity contribution in [3.63, 3.8) is 0 Å². The zero-order chi connectivity index (χ0) is 21.8. The first-order valence-electron chi connectivity index (χ1n) is 8.42. The van der Waals surface area contributed by atoms with E-state index in [2.05, 4.69) is 0 Å². The molecule has 1 amide bonds. The van der Waals surface area contributed by atoms with Crippen molar-refractivity contribution in [3.05, 3.63) is 41.5 Å². The van der Waals surface area contributed by atoms with E-state index in [1.165, 1.54) is 51.5 Å². The standard InChI is InChI=1S/C19H24N2O7S/c1-21(11-12-6-8-16(26-3)18(28-5)17(12)27-4)19(22)14-10-13(29(20,23)24)7-9-15(14)25-2/h6-10H,11H2,1-5H3,(H2,20,23,24). The Morgan fingerprint density at radius 3 is 2.03 bits per heavy atom. The predicted octanol–water partition coefficient (Wildman–Crippen LogP) is 1.64. The minimum Gasteiger partial charge on any atom is -0.496 e. The first-order valence-corrected chi connectivity index (χ1v) is 9.96. The third-order valence-electron chi connectivity index (χ3n) is 4.27. The number of carbonyl (C=O) groups is 1. The molecule has 2 aromatic carbocycles. The number of benzene rings is 2. The summed E-state index contributed by atoms with van der Waals surface area (Å²) in [6.07, 6.45) is 0. The van der Waals surface area contributed by atoms with Gasteiger partial charge < -0.3 is 23.8 Å². The number of methoxy groups -OCH3 is 4. The van der Waals surface area contributed by atoms with Crippen LogP contribution in [0.2, 0.25) is 0 Å². The molecule has 158 valence electrons. The van der Waals surface area contributed by atoms with Crippen LogP contribution in [0.15, 0.2) is 35.2 Å². The lowest BCUT2D eigenvalue weighted by atomic mass is 10.1. The fourth-order valence-electron chi connectivity index (χ4n) is 2.85. The van der Waals surface area contributed by atoms with Gasteiger partial charge in [0.25, 0.3) is 5.91 Å². The Morgan fingerprint density at radius 2 is 1.52 bits per heavy atom. The third kappa shape index (κ3) is 4.72. The van der Waals surface area contributed by atoms with Gasteiger partial charge in [0.1, 0.15) is 5.75 Å². The van der Waals surface area contributed by atoms with Crippen LogP contribution in [0.4, 0.5) is 0 Å². The van der Waals surface area contributed by atoms with Gasteiger partial charge in [0, 0.05) is 19.2 Å². The average Bonchev–Trinajstić information content (AvgIpc) is 2.71. The molecule has 0 aliphatic carbocycles. The number of rotatable bonds is 8. The number of ether oxygens (including phenoxy) is 4. The third-order valence-corrected chi connectivity index (χ3v) is 5.18. The highest BCUT2D eigenvalue weighted by molar-refractivity contribution is 7.89. The van der Waals surface area contributed by atoms with Gasteiger partial charge in [-0.25, -0.2) is 13.6 Å². The number of hydrogen-bond donors (Lipinski definition) is 1. The van der Waals surface area contributed by atoms with Crippen molar-refractivity contribution >= 4 is 15.9 Å². The van der Waals surface area contributed by atoms with Gasteiger partial charge in [0.2, 0.25) is 15.8 Å². The molecule has 29 heavy (non-hydrogen) atoms. The van der Waals surface area contributed by atoms with E-state index in [1.54, 1.807) is 19.2 Å². The molecule has 0 atom stereocenters. The van der Waals surface area contributed by atoms with E-state index in [4.69, 9.17) is 24.1 Å². The molecule has 0 aliphatic heterocycles. The molecule has 0 spiro atoms. The van der Waals surface area contributed by atoms with Crippen molar-refractivity contribution < 1.29 is 32.2 Å². The van der Waals surface area contributed by atoms with Gasteiger partial charge in [0.05, 0.1) is 38.9 Å². The Bertz CT molecular complexity index is 1010. The lowest BCUT2D eigenvalue weighted by Gasteiger charge is -2.22. The van der Waals surface area contributed by atoms with Crippen molar-refractivity contribution in [2.75, 3.05) is 35.5 Å². The smallest absolute Gasteiger partial charge is 0.257 e. The van der Waals surface area contributed by atoms with Crippen molar-refractivity contribution in [2.24, 2.45) is 5.14 Å². The maximum absolute atomic E-state index is 13.0. The molecule has 0 aromatic heterocycles. The fraction of sp³-hybridized carbons (Fsp3) is 0.316. The number of amides is 1. The number of hydrogen-bond acceptors (Lipinski definition) is 7. The second kappa shape index (κ2) is 9.01. The van der Waals surface area contributed by atoms with Crippen LogP contribution in [0.25, 0.3) is 0 Å². The molecular weight excluding hydrogens is 400 g/mol. The monoisotopic (exact) mass is 424 g/mol. The summed E-state index contributed by atoms with van der Waals surface area (Å²) in [6.45, 7) is 0.158. The Balaban J connectivity index is 2.42. The van der Waals surface area contributed by atoms with E-state index in [0.29, 0.717) is 22.8 Å². The minimum atomic E-state index is -3.97. The average molecular weight is 424 g/mol. The number of sulfonamides is 1. The van der Waals surface area contributed by atoms with Crippen molar-refractivity contribution in [1.29, 1.82) is 0 Å². The first-order chi connectivity index (χ1) is 13.7. The lowest BCUT2D eigenvalue weighted by molar-refractivity contribution is 0.0780. The quantitative estimate of drug-likeness (QED) is 0.684. The summed E-state index contributed by atoms with van der Waals surface area (Å²) in [5.74, 6) is 1.10. The van der Waals surface area contributed by atoms with E-state index in [1.807, 2.05) is 0 Å². The van der Waals surface area contributed by atoms with Crippen LogP contribution >= 0.6 is 0 Å². The molecular formula is C19H24N2O7S. The molecule has 2 rings (SSSR count). The van der Waals surface area contributed by atoms with Gasteiger partial charge in [-0.2, -0.15) is 0 Å². The van der Waals surface area contributed by atoms with E-state index < -0.39 is 15.9 Å². The molecule has 0 bridgehead atoms. The number of nitrogens with two attached hydrogens (primary N) is 1. The van der Waals surface area contributed by atoms with Gasteiger partial charge in [-0.3, -0.25) is 4.79 Å². The van der Waals surface area contributed by atoms with Crippen LogP contribution in [0.5, 0.6) is 23.0 Å². The number of nitrogens with zero attached hydrogens (tertiary/aromatic N) is 1. The van der Waals surface area contributed by atoms with E-state index in [9.17, 15) is 13.2 Å². The summed E-state index contributed by atoms with van der Waals surface area (Å²) in [4.78, 5) is 14.2. The van der Waals surface area contributed by atoms with Crippen LogP contribution in [0.1, 0.15) is 15.9 Å². The molecule has 10 heteroatoms. The number of primary sulfonamides is 1. The molecule has 2 N–H and O–H groups in total. The fourth-order valence-corrected chi connectivity index (χ4v) is 3.39. The molecule has 0 radical (unpaired) electrons. The summed E-state index contributed by atoms with van der Waals surface area (Å²) >= 11 is 0. The lowest BCUT2D eigenvalue weighted by Crippen LogP contribution is -2.27. The molecule has 0 unspecified atom stereocenters. The van der Waals surface area contributed by atoms with E-state index in [-0.39, 0.29) is 22.8 Å². The minimum absolute atomic E-state index is 0.0703. The SMILES string of the molecule is COc1ccc(S(N)(=O)=O)cc1C(=O)N(C)Cc1ccc(OC)c(OC)c1OC. The Morgan fingerprint density at radius 1 is 0.931 bits per heavy atom. The summed E-state index contributed by atoms with van der Waals surface area (Å²) in [5, 5.41) is 5.18. The van der Waals surface area contributed by atoms with Gasteiger partial charge >= 0.3 is 0 Å². The van der Waals surface area contributed by atoms with Crippen LogP contribution in [-0.4, -0.2) is 54.7 Å². The van der Waals surface area contributed by atoms with Gasteiger partial charge in [-0.1, -0.05) is 0 Å². The van der Waals surface area contributed by atoms with Gasteiger partial charge in [0.15, 0.2) is 11.5 Å². The zero-order valence-electron chi connectivity index (χ0n) is 16.9. The molecule has 0 heterocycles. The Hall–Kier alpha value is -2.98. The molecule has 0 aliphatic rings. The van der Waals surface area contributed by atoms with Crippen LogP contribution in [0, 0.1) is 0 Å². The van der Waals surface area contributed by atoms with Crippen molar-refractivity contribution in [2.45, 2.75) is 11.4 Å². The second-order valence-electron chi connectivity index (χ2n) is 6.06. The highest BCUT2D eigenvalue weighted by Crippen LogP contribution is 2.40. The topological polar surface area (TPSA) is 117 Å². The van der Waals surface area contributed by atoms with Crippen LogP contribution < -0.4 is 24.1 Å². The molecule has 2 aromatic rings.